The number of carbonyl (C=O) groups excluding carboxylic acids is 1. The van der Waals surface area contributed by atoms with Crippen molar-refractivity contribution in [3.8, 4) is 0 Å². The molecule has 1 aromatic heterocycles. The smallest absolute Gasteiger partial charge is 0.326 e. The first kappa shape index (κ1) is 27.1. The fourth-order valence-electron chi connectivity index (χ4n) is 2.71. The molecule has 0 saturated carbocycles. The summed E-state index contributed by atoms with van der Waals surface area (Å²) in [5.41, 5.74) is 7.18. The Morgan fingerprint density at radius 1 is 1.16 bits per heavy atom. The van der Waals surface area contributed by atoms with Crippen LogP contribution >= 0.6 is 31.9 Å². The van der Waals surface area contributed by atoms with Gasteiger partial charge in [0.1, 0.15) is 22.3 Å². The van der Waals surface area contributed by atoms with Gasteiger partial charge in [-0.25, -0.2) is 18.6 Å². The van der Waals surface area contributed by atoms with Crippen LogP contribution in [0.15, 0.2) is 39.4 Å². The van der Waals surface area contributed by atoms with Crippen molar-refractivity contribution < 1.29 is 23.5 Å². The number of nitrogens with one attached hydrogen (secondary N) is 1. The maximum atomic E-state index is 13.1. The molecule has 0 aliphatic rings. The highest BCUT2D eigenvalue weighted by molar-refractivity contribution is 9.11. The Balaban J connectivity index is 0.000000348. The van der Waals surface area contributed by atoms with Crippen LogP contribution in [0.4, 0.5) is 8.78 Å². The number of hydrogen-bond donors (Lipinski definition) is 3. The highest BCUT2D eigenvalue weighted by Gasteiger charge is 2.19. The van der Waals surface area contributed by atoms with Gasteiger partial charge in [-0.3, -0.25) is 4.79 Å². The molecule has 0 fully saturated rings. The van der Waals surface area contributed by atoms with Gasteiger partial charge in [-0.2, -0.15) is 0 Å². The molecule has 4 N–H and O–H groups in total. The number of carboxylic acids is 1. The number of nitrogens with two attached hydrogens (primary N) is 1. The van der Waals surface area contributed by atoms with E-state index in [1.165, 1.54) is 19.1 Å². The molecule has 2 atom stereocenters. The van der Waals surface area contributed by atoms with Gasteiger partial charge >= 0.3 is 5.97 Å². The van der Waals surface area contributed by atoms with E-state index >= 15 is 0 Å². The average molecular weight is 565 g/mol. The van der Waals surface area contributed by atoms with Crippen molar-refractivity contribution in [3.05, 3.63) is 62.3 Å². The van der Waals surface area contributed by atoms with E-state index in [0.29, 0.717) is 28.7 Å². The van der Waals surface area contributed by atoms with E-state index in [1.807, 2.05) is 19.9 Å². The van der Waals surface area contributed by atoms with Crippen molar-refractivity contribution in [2.24, 2.45) is 11.7 Å². The molecule has 0 spiro atoms. The molecule has 31 heavy (non-hydrogen) atoms. The van der Waals surface area contributed by atoms with Crippen molar-refractivity contribution in [2.45, 2.75) is 45.7 Å². The van der Waals surface area contributed by atoms with Crippen LogP contribution in [0.25, 0.3) is 0 Å². The summed E-state index contributed by atoms with van der Waals surface area (Å²) in [5, 5.41) is 11.0. The average Bonchev–Trinajstić information content (AvgIpc) is 2.62. The van der Waals surface area contributed by atoms with E-state index in [0.717, 1.165) is 10.5 Å². The molecule has 2 rings (SSSR count). The third-order valence-corrected chi connectivity index (χ3v) is 5.06. The summed E-state index contributed by atoms with van der Waals surface area (Å²) >= 11 is 6.63. The summed E-state index contributed by atoms with van der Waals surface area (Å²) in [6.07, 6.45) is 0.769. The van der Waals surface area contributed by atoms with E-state index in [-0.39, 0.29) is 11.8 Å². The minimum atomic E-state index is -0.973. The lowest BCUT2D eigenvalue weighted by molar-refractivity contribution is -0.142. The zero-order valence-electron chi connectivity index (χ0n) is 17.3. The van der Waals surface area contributed by atoms with Crippen LogP contribution in [0, 0.1) is 17.6 Å². The normalized spacial score (nSPS) is 12.5. The lowest BCUT2D eigenvalue weighted by Gasteiger charge is -2.14. The minimum Gasteiger partial charge on any atom is -0.480 e. The summed E-state index contributed by atoms with van der Waals surface area (Å²) in [5.74, 6) is -2.23. The first-order valence-electron chi connectivity index (χ1n) is 9.41. The van der Waals surface area contributed by atoms with Crippen LogP contribution in [0.5, 0.6) is 0 Å². The van der Waals surface area contributed by atoms with Gasteiger partial charge in [0.05, 0.1) is 11.7 Å². The third kappa shape index (κ3) is 10.3. The predicted octanol–water partition coefficient (Wildman–Crippen LogP) is 4.75. The maximum absolute atomic E-state index is 13.1. The van der Waals surface area contributed by atoms with Crippen molar-refractivity contribution >= 4 is 43.7 Å². The number of pyridine rings is 1. The molecule has 1 amide bonds. The molecule has 6 nitrogen and oxygen atoms in total. The molecule has 1 aromatic carbocycles. The molecule has 0 bridgehead atoms. The molecule has 0 saturated heterocycles. The van der Waals surface area contributed by atoms with Crippen LogP contribution in [0.2, 0.25) is 0 Å². The topological polar surface area (TPSA) is 105 Å². The first-order chi connectivity index (χ1) is 14.4. The summed E-state index contributed by atoms with van der Waals surface area (Å²) < 4.78 is 27.6. The Labute approximate surface area is 196 Å². The number of benzene rings is 1. The SMILES string of the molecule is CC(=O)N[C@H](CC(C)C)C(=O)O.N[C@@H](Cc1cc(F)cc(F)c1)c1nc(Br)ccc1Br. The Morgan fingerprint density at radius 2 is 1.74 bits per heavy atom. The summed E-state index contributed by atoms with van der Waals surface area (Å²) in [4.78, 5) is 25.4. The van der Waals surface area contributed by atoms with Gasteiger partial charge in [-0.1, -0.05) is 13.8 Å². The molecule has 0 aliphatic carbocycles. The fraction of sp³-hybridized carbons (Fsp3) is 0.381. The lowest BCUT2D eigenvalue weighted by atomic mass is 10.0. The van der Waals surface area contributed by atoms with E-state index < -0.39 is 29.7 Å². The Hall–Kier alpha value is -1.91. The Kier molecular flexibility index (Phi) is 11.2. The van der Waals surface area contributed by atoms with Crippen molar-refractivity contribution in [2.75, 3.05) is 0 Å². The second kappa shape index (κ2) is 12.8. The van der Waals surface area contributed by atoms with Crippen LogP contribution in [-0.2, 0) is 16.0 Å². The summed E-state index contributed by atoms with van der Waals surface area (Å²) in [6, 6.07) is 5.78. The monoisotopic (exact) mass is 563 g/mol. The number of carbonyl (C=O) groups is 2. The number of nitrogens with zero attached hydrogens (tertiary/aromatic N) is 1. The van der Waals surface area contributed by atoms with E-state index in [9.17, 15) is 18.4 Å². The lowest BCUT2D eigenvalue weighted by Crippen LogP contribution is -2.40. The molecular weight excluding hydrogens is 540 g/mol. The molecule has 170 valence electrons. The van der Waals surface area contributed by atoms with Gasteiger partial charge in [-0.05, 0) is 80.4 Å². The van der Waals surface area contributed by atoms with Gasteiger partial charge in [0.2, 0.25) is 5.91 Å². The molecule has 0 aliphatic heterocycles. The standard InChI is InChI=1S/C13H10Br2F2N2.C8H15NO3/c14-10-1-2-12(15)19-13(10)11(18)5-7-3-8(16)6-9(17)4-7;1-5(2)4-7(8(11)12)9-6(3)10/h1-4,6,11H,5,18H2;5,7H,4H2,1-3H3,(H,9,10)(H,11,12)/t11-;7-/m01/s1. The minimum absolute atomic E-state index is 0.262. The van der Waals surface area contributed by atoms with Gasteiger partial charge in [0.15, 0.2) is 0 Å². The van der Waals surface area contributed by atoms with Crippen LogP contribution in [-0.4, -0.2) is 28.0 Å². The van der Waals surface area contributed by atoms with Gasteiger partial charge < -0.3 is 16.2 Å². The van der Waals surface area contributed by atoms with Gasteiger partial charge in [0.25, 0.3) is 0 Å². The Morgan fingerprint density at radius 3 is 2.23 bits per heavy atom. The van der Waals surface area contributed by atoms with Crippen LogP contribution < -0.4 is 11.1 Å². The second-order valence-corrected chi connectivity index (χ2v) is 8.98. The summed E-state index contributed by atoms with van der Waals surface area (Å²) in [6.45, 7) is 5.14. The number of carboxylic acid groups (broad SMARTS) is 1. The van der Waals surface area contributed by atoms with E-state index in [4.69, 9.17) is 10.8 Å². The first-order valence-corrected chi connectivity index (χ1v) is 11.0. The predicted molar refractivity (Wildman–Crippen MR) is 121 cm³/mol. The quantitative estimate of drug-likeness (QED) is 0.421. The van der Waals surface area contributed by atoms with E-state index in [2.05, 4.69) is 42.2 Å². The largest absolute Gasteiger partial charge is 0.480 e. The number of rotatable bonds is 7. The molecule has 0 radical (unpaired) electrons. The number of halogens is 4. The molecule has 0 unspecified atom stereocenters. The number of aromatic nitrogens is 1. The van der Waals surface area contributed by atoms with Gasteiger partial charge in [0, 0.05) is 17.5 Å². The van der Waals surface area contributed by atoms with Crippen LogP contribution in [0.1, 0.15) is 44.5 Å². The van der Waals surface area contributed by atoms with Crippen LogP contribution in [0.3, 0.4) is 0 Å². The zero-order valence-corrected chi connectivity index (χ0v) is 20.5. The summed E-state index contributed by atoms with van der Waals surface area (Å²) in [7, 11) is 0. The van der Waals surface area contributed by atoms with Crippen molar-refractivity contribution in [3.63, 3.8) is 0 Å². The van der Waals surface area contributed by atoms with Gasteiger partial charge in [-0.15, -0.1) is 0 Å². The van der Waals surface area contributed by atoms with Crippen molar-refractivity contribution in [1.29, 1.82) is 0 Å². The number of hydrogen-bond acceptors (Lipinski definition) is 4. The molecule has 10 heteroatoms. The zero-order chi connectivity index (χ0) is 23.7. The highest BCUT2D eigenvalue weighted by Crippen LogP contribution is 2.25. The maximum Gasteiger partial charge on any atom is 0.326 e. The molecular formula is C21H25Br2F2N3O3. The highest BCUT2D eigenvalue weighted by atomic mass is 79.9. The second-order valence-electron chi connectivity index (χ2n) is 7.31. The number of amides is 1. The molecule has 1 heterocycles. The van der Waals surface area contributed by atoms with Crippen molar-refractivity contribution in [1.82, 2.24) is 10.3 Å². The number of aliphatic carboxylic acids is 1. The Bertz CT molecular complexity index is 893. The fourth-order valence-corrected chi connectivity index (χ4v) is 3.55. The van der Waals surface area contributed by atoms with E-state index in [1.54, 1.807) is 6.07 Å². The molecule has 2 aromatic rings. The third-order valence-electron chi connectivity index (χ3n) is 3.95.